The fraction of sp³-hybridized carbons (Fsp3) is 0.312. The Kier molecular flexibility index (Phi) is 5.26. The molecule has 3 unspecified atom stereocenters. The van der Waals surface area contributed by atoms with E-state index < -0.39 is 0 Å². The largest absolute Gasteiger partial charge is 0.491 e. The van der Waals surface area contributed by atoms with Crippen molar-refractivity contribution in [3.05, 3.63) is 112 Å². The second kappa shape index (κ2) is 8.65. The molecule has 182 valence electrons. The van der Waals surface area contributed by atoms with Gasteiger partial charge in [-0.1, -0.05) is 60.7 Å². The second-order valence-corrected chi connectivity index (χ2v) is 10.2. The van der Waals surface area contributed by atoms with E-state index in [0.29, 0.717) is 13.2 Å². The van der Waals surface area contributed by atoms with Gasteiger partial charge in [-0.25, -0.2) is 0 Å². The molecule has 36 heavy (non-hydrogen) atoms. The van der Waals surface area contributed by atoms with Crippen LogP contribution in [0.3, 0.4) is 0 Å². The third kappa shape index (κ3) is 3.68. The number of fused-ring (bicyclic) bond motifs is 2. The van der Waals surface area contributed by atoms with Crippen molar-refractivity contribution in [2.45, 2.75) is 37.4 Å². The number of hydrogen-bond donors (Lipinski definition) is 0. The van der Waals surface area contributed by atoms with Crippen molar-refractivity contribution in [2.75, 3.05) is 26.4 Å². The first-order chi connectivity index (χ1) is 17.7. The van der Waals surface area contributed by atoms with E-state index in [1.54, 1.807) is 0 Å². The molecule has 4 nitrogen and oxygen atoms in total. The molecular weight excluding hydrogens is 448 g/mol. The summed E-state index contributed by atoms with van der Waals surface area (Å²) in [5, 5.41) is 0. The number of benzene rings is 3. The van der Waals surface area contributed by atoms with Gasteiger partial charge in [-0.05, 0) is 76.9 Å². The van der Waals surface area contributed by atoms with Gasteiger partial charge in [-0.2, -0.15) is 0 Å². The molecule has 2 fully saturated rings. The molecule has 4 aliphatic rings. The molecule has 3 atom stereocenters. The number of hydrogen-bond acceptors (Lipinski definition) is 4. The zero-order chi connectivity index (χ0) is 24.1. The summed E-state index contributed by atoms with van der Waals surface area (Å²) < 4.78 is 22.7. The van der Waals surface area contributed by atoms with Crippen LogP contribution in [-0.4, -0.2) is 38.6 Å². The van der Waals surface area contributed by atoms with Gasteiger partial charge in [0, 0.05) is 0 Å². The smallest absolute Gasteiger partial charge is 0.122 e. The van der Waals surface area contributed by atoms with E-state index in [1.165, 1.54) is 33.4 Å². The minimum Gasteiger partial charge on any atom is -0.491 e. The van der Waals surface area contributed by atoms with E-state index in [0.717, 1.165) is 43.1 Å². The fourth-order valence-electron chi connectivity index (χ4n) is 5.85. The molecule has 0 saturated carbocycles. The lowest BCUT2D eigenvalue weighted by Gasteiger charge is -2.36. The lowest BCUT2D eigenvalue weighted by Crippen LogP contribution is -2.29. The van der Waals surface area contributed by atoms with Crippen LogP contribution in [0.2, 0.25) is 0 Å². The molecule has 0 spiro atoms. The molecule has 2 aliphatic carbocycles. The average Bonchev–Trinajstić information content (AvgIpc) is 3.85. The molecule has 7 rings (SSSR count). The summed E-state index contributed by atoms with van der Waals surface area (Å²) in [6.45, 7) is 4.96. The third-order valence-electron chi connectivity index (χ3n) is 7.79. The van der Waals surface area contributed by atoms with E-state index in [-0.39, 0.29) is 17.6 Å². The molecule has 2 aliphatic heterocycles. The maximum atomic E-state index is 6.08. The van der Waals surface area contributed by atoms with Crippen molar-refractivity contribution in [1.82, 2.24) is 0 Å². The van der Waals surface area contributed by atoms with Gasteiger partial charge in [-0.3, -0.25) is 0 Å². The lowest BCUT2D eigenvalue weighted by molar-refractivity contribution is 0.261. The topological polar surface area (TPSA) is 43.5 Å². The van der Waals surface area contributed by atoms with Crippen LogP contribution in [0, 0.1) is 6.92 Å². The minimum atomic E-state index is -0.385. The molecule has 2 saturated heterocycles. The molecule has 0 bridgehead atoms. The number of rotatable bonds is 8. The summed E-state index contributed by atoms with van der Waals surface area (Å²) >= 11 is 0. The molecule has 0 N–H and O–H groups in total. The van der Waals surface area contributed by atoms with Gasteiger partial charge in [0.2, 0.25) is 0 Å². The Morgan fingerprint density at radius 1 is 0.861 bits per heavy atom. The Labute approximate surface area is 212 Å². The van der Waals surface area contributed by atoms with Crippen molar-refractivity contribution in [2.24, 2.45) is 0 Å². The van der Waals surface area contributed by atoms with Crippen LogP contribution < -0.4 is 9.47 Å². The lowest BCUT2D eigenvalue weighted by atomic mass is 9.66. The highest BCUT2D eigenvalue weighted by Crippen LogP contribution is 2.57. The van der Waals surface area contributed by atoms with Gasteiger partial charge in [0.05, 0.1) is 18.6 Å². The summed E-state index contributed by atoms with van der Waals surface area (Å²) in [6.07, 6.45) is 7.31. The number of epoxide rings is 2. The quantitative estimate of drug-likeness (QED) is 0.373. The Bertz CT molecular complexity index is 1360. The first kappa shape index (κ1) is 21.9. The average molecular weight is 479 g/mol. The highest BCUT2D eigenvalue weighted by atomic mass is 16.6. The predicted octanol–water partition coefficient (Wildman–Crippen LogP) is 6.00. The van der Waals surface area contributed by atoms with Crippen molar-refractivity contribution >= 4 is 5.57 Å². The summed E-state index contributed by atoms with van der Waals surface area (Å²) in [5.41, 5.74) is 8.83. The molecule has 2 heterocycles. The maximum Gasteiger partial charge on any atom is 0.122 e. The van der Waals surface area contributed by atoms with Gasteiger partial charge in [0.1, 0.15) is 36.9 Å². The summed E-state index contributed by atoms with van der Waals surface area (Å²) in [7, 11) is 0. The van der Waals surface area contributed by atoms with E-state index >= 15 is 0 Å². The molecule has 3 aromatic carbocycles. The highest BCUT2D eigenvalue weighted by Gasteiger charge is 2.47. The van der Waals surface area contributed by atoms with E-state index in [4.69, 9.17) is 18.9 Å². The molecule has 4 heteroatoms. The van der Waals surface area contributed by atoms with Crippen molar-refractivity contribution in [3.8, 4) is 11.5 Å². The fourth-order valence-corrected chi connectivity index (χ4v) is 5.85. The van der Waals surface area contributed by atoms with Crippen LogP contribution in [-0.2, 0) is 14.9 Å². The van der Waals surface area contributed by atoms with Crippen LogP contribution in [0.1, 0.15) is 40.7 Å². The minimum absolute atomic E-state index is 0.240. The van der Waals surface area contributed by atoms with Crippen LogP contribution >= 0.6 is 0 Å². The molecule has 3 aromatic rings. The van der Waals surface area contributed by atoms with Gasteiger partial charge in [0.15, 0.2) is 0 Å². The van der Waals surface area contributed by atoms with Crippen LogP contribution in [0.4, 0.5) is 0 Å². The number of ether oxygens (including phenoxy) is 4. The first-order valence-corrected chi connectivity index (χ1v) is 12.9. The normalized spacial score (nSPS) is 25.4. The zero-order valence-electron chi connectivity index (χ0n) is 20.5. The van der Waals surface area contributed by atoms with Crippen LogP contribution in [0.15, 0.2) is 84.5 Å². The molecular formula is C32H30O4. The second-order valence-electron chi connectivity index (χ2n) is 10.2. The van der Waals surface area contributed by atoms with Gasteiger partial charge >= 0.3 is 0 Å². The Morgan fingerprint density at radius 2 is 1.58 bits per heavy atom. The first-order valence-electron chi connectivity index (χ1n) is 12.9. The summed E-state index contributed by atoms with van der Waals surface area (Å²) in [4.78, 5) is 0. The van der Waals surface area contributed by atoms with Crippen molar-refractivity contribution in [1.29, 1.82) is 0 Å². The molecule has 0 amide bonds. The Balaban J connectivity index is 1.36. The SMILES string of the molecule is Cc1cc(C2(c3ccc(OCC4CO4)cc3)C3=C(CCC=C3)c3ccccc32)ccc1OCC1CO1. The Morgan fingerprint density at radius 3 is 2.33 bits per heavy atom. The number of allylic oxidation sites excluding steroid dienone is 4. The highest BCUT2D eigenvalue weighted by molar-refractivity contribution is 5.88. The van der Waals surface area contributed by atoms with Gasteiger partial charge < -0.3 is 18.9 Å². The van der Waals surface area contributed by atoms with Gasteiger partial charge in [-0.15, -0.1) is 0 Å². The molecule has 0 aromatic heterocycles. The third-order valence-corrected chi connectivity index (χ3v) is 7.79. The van der Waals surface area contributed by atoms with Crippen molar-refractivity contribution in [3.63, 3.8) is 0 Å². The van der Waals surface area contributed by atoms with Crippen LogP contribution in [0.5, 0.6) is 11.5 Å². The predicted molar refractivity (Wildman–Crippen MR) is 140 cm³/mol. The summed E-state index contributed by atoms with van der Waals surface area (Å²) in [6, 6.07) is 24.3. The monoisotopic (exact) mass is 478 g/mol. The maximum absolute atomic E-state index is 6.08. The van der Waals surface area contributed by atoms with Gasteiger partial charge in [0.25, 0.3) is 0 Å². The van der Waals surface area contributed by atoms with Crippen molar-refractivity contribution < 1.29 is 18.9 Å². The standard InChI is InChI=1S/C32H30O4/c1-21-16-23(12-15-31(21)36-20-26-19-35-26)32(22-10-13-24(14-11-22)33-17-25-18-34-25)29-8-4-2-6-27(29)28-7-3-5-9-30(28)32/h2,4-6,8-16,25-26H,3,7,17-20H2,1H3. The van der Waals surface area contributed by atoms with E-state index in [1.807, 2.05) is 0 Å². The van der Waals surface area contributed by atoms with Crippen LogP contribution in [0.25, 0.3) is 5.57 Å². The Hall–Kier alpha value is -3.34. The number of aryl methyl sites for hydroxylation is 1. The van der Waals surface area contributed by atoms with E-state index in [9.17, 15) is 0 Å². The molecule has 0 radical (unpaired) electrons. The zero-order valence-corrected chi connectivity index (χ0v) is 20.5. The van der Waals surface area contributed by atoms with E-state index in [2.05, 4.69) is 85.8 Å². The summed E-state index contributed by atoms with van der Waals surface area (Å²) in [5.74, 6) is 1.81.